The molecule has 1 aliphatic rings. The number of hydrogen-bond donors (Lipinski definition) is 0. The molecule has 1 saturated heterocycles. The summed E-state index contributed by atoms with van der Waals surface area (Å²) in [6, 6.07) is 18.3. The molecule has 1 fully saturated rings. The summed E-state index contributed by atoms with van der Waals surface area (Å²) in [5, 5.41) is 0.839. The number of nitrogens with zero attached hydrogens (tertiary/aromatic N) is 2. The number of aromatic nitrogens is 1. The highest BCUT2D eigenvalue weighted by Gasteiger charge is 2.32. The van der Waals surface area contributed by atoms with E-state index in [2.05, 4.69) is 22.8 Å². The van der Waals surface area contributed by atoms with Gasteiger partial charge < -0.3 is 4.57 Å². The molecule has 124 valence electrons. The molecule has 3 aromatic rings. The molecule has 1 aliphatic heterocycles. The van der Waals surface area contributed by atoms with Gasteiger partial charge in [-0.1, -0.05) is 48.5 Å². The van der Waals surface area contributed by atoms with E-state index in [1.165, 1.54) is 12.6 Å². The van der Waals surface area contributed by atoms with Crippen LogP contribution in [0.3, 0.4) is 0 Å². The number of likely N-dealkylation sites (N-methyl/N-ethyl adjacent to an activating group) is 1. The van der Waals surface area contributed by atoms with Crippen LogP contribution in [0.5, 0.6) is 0 Å². The highest BCUT2D eigenvalue weighted by molar-refractivity contribution is 8.18. The zero-order valence-electron chi connectivity index (χ0n) is 13.7. The Morgan fingerprint density at radius 1 is 1.00 bits per heavy atom. The Morgan fingerprint density at radius 2 is 1.72 bits per heavy atom. The molecule has 0 saturated carbocycles. The predicted molar refractivity (Wildman–Crippen MR) is 101 cm³/mol. The molecule has 2 heterocycles. The van der Waals surface area contributed by atoms with Gasteiger partial charge in [-0.2, -0.15) is 0 Å². The van der Waals surface area contributed by atoms with Gasteiger partial charge in [0.15, 0.2) is 0 Å². The smallest absolute Gasteiger partial charge is 0.293 e. The molecular weight excluding hydrogens is 332 g/mol. The first-order chi connectivity index (χ1) is 12.1. The van der Waals surface area contributed by atoms with E-state index >= 15 is 0 Å². The Kier molecular flexibility index (Phi) is 3.93. The Hall–Kier alpha value is -2.79. The van der Waals surface area contributed by atoms with Crippen LogP contribution in [0, 0.1) is 0 Å². The van der Waals surface area contributed by atoms with Crippen LogP contribution in [-0.2, 0) is 11.3 Å². The van der Waals surface area contributed by atoms with Gasteiger partial charge in [0.05, 0.1) is 4.91 Å². The SMILES string of the molecule is CN1C(=O)S/C(=C/c2cn(Cc3ccccc3)c3ccccc23)C1=O. The number of hydrogen-bond acceptors (Lipinski definition) is 3. The summed E-state index contributed by atoms with van der Waals surface area (Å²) in [5.41, 5.74) is 3.27. The van der Waals surface area contributed by atoms with Crippen molar-refractivity contribution in [2.24, 2.45) is 0 Å². The zero-order valence-corrected chi connectivity index (χ0v) is 14.5. The summed E-state index contributed by atoms with van der Waals surface area (Å²) in [5.74, 6) is -0.241. The third kappa shape index (κ3) is 2.87. The largest absolute Gasteiger partial charge is 0.342 e. The lowest BCUT2D eigenvalue weighted by atomic mass is 10.1. The van der Waals surface area contributed by atoms with E-state index in [-0.39, 0.29) is 11.1 Å². The van der Waals surface area contributed by atoms with Crippen molar-refractivity contribution in [3.05, 3.63) is 76.8 Å². The highest BCUT2D eigenvalue weighted by Crippen LogP contribution is 2.33. The lowest BCUT2D eigenvalue weighted by Gasteiger charge is -2.05. The molecule has 0 radical (unpaired) electrons. The van der Waals surface area contributed by atoms with Gasteiger partial charge in [0.2, 0.25) is 0 Å². The quantitative estimate of drug-likeness (QED) is 0.661. The highest BCUT2D eigenvalue weighted by atomic mass is 32.2. The number of fused-ring (bicyclic) bond motifs is 1. The van der Waals surface area contributed by atoms with Crippen LogP contribution in [0.4, 0.5) is 4.79 Å². The van der Waals surface area contributed by atoms with E-state index in [0.717, 1.165) is 39.7 Å². The molecule has 4 rings (SSSR count). The number of carbonyl (C=O) groups excluding carboxylic acids is 2. The number of carbonyl (C=O) groups is 2. The van der Waals surface area contributed by atoms with Gasteiger partial charge in [-0.3, -0.25) is 14.5 Å². The number of para-hydroxylation sites is 1. The van der Waals surface area contributed by atoms with E-state index in [1.54, 1.807) is 0 Å². The van der Waals surface area contributed by atoms with E-state index in [9.17, 15) is 9.59 Å². The molecule has 2 amide bonds. The minimum Gasteiger partial charge on any atom is -0.342 e. The molecule has 0 bridgehead atoms. The van der Waals surface area contributed by atoms with Crippen LogP contribution in [0.2, 0.25) is 0 Å². The van der Waals surface area contributed by atoms with Crippen molar-refractivity contribution in [2.75, 3.05) is 7.05 Å². The Balaban J connectivity index is 1.78. The van der Waals surface area contributed by atoms with Gasteiger partial charge in [0.1, 0.15) is 0 Å². The van der Waals surface area contributed by atoms with Crippen LogP contribution in [0.1, 0.15) is 11.1 Å². The summed E-state index contributed by atoms with van der Waals surface area (Å²) < 4.78 is 2.17. The Labute approximate surface area is 149 Å². The fraction of sp³-hybridized carbons (Fsp3) is 0.100. The summed E-state index contributed by atoms with van der Waals surface area (Å²) in [6.07, 6.45) is 3.86. The van der Waals surface area contributed by atoms with Gasteiger partial charge in [-0.05, 0) is 29.5 Å². The van der Waals surface area contributed by atoms with E-state index in [0.29, 0.717) is 4.91 Å². The van der Waals surface area contributed by atoms with Crippen LogP contribution < -0.4 is 0 Å². The number of rotatable bonds is 3. The molecular formula is C20H16N2O2S. The van der Waals surface area contributed by atoms with Crippen molar-refractivity contribution >= 4 is 39.9 Å². The second kappa shape index (κ2) is 6.26. The summed E-state index contributed by atoms with van der Waals surface area (Å²) in [4.78, 5) is 25.5. The Bertz CT molecular complexity index is 1000. The van der Waals surface area contributed by atoms with Gasteiger partial charge in [-0.15, -0.1) is 0 Å². The predicted octanol–water partition coefficient (Wildman–Crippen LogP) is 4.36. The second-order valence-corrected chi connectivity index (χ2v) is 6.95. The number of thioether (sulfide) groups is 1. The zero-order chi connectivity index (χ0) is 17.4. The minimum atomic E-state index is -0.241. The molecule has 0 unspecified atom stereocenters. The first kappa shape index (κ1) is 15.7. The topological polar surface area (TPSA) is 42.3 Å². The molecule has 2 aromatic carbocycles. The van der Waals surface area contributed by atoms with Crippen LogP contribution >= 0.6 is 11.8 Å². The van der Waals surface area contributed by atoms with Crippen LogP contribution in [-0.4, -0.2) is 27.7 Å². The molecule has 0 spiro atoms. The third-order valence-corrected chi connectivity index (χ3v) is 5.25. The van der Waals surface area contributed by atoms with Crippen molar-refractivity contribution in [1.82, 2.24) is 9.47 Å². The average molecular weight is 348 g/mol. The van der Waals surface area contributed by atoms with Crippen molar-refractivity contribution in [3.63, 3.8) is 0 Å². The number of imide groups is 1. The number of benzene rings is 2. The fourth-order valence-corrected chi connectivity index (χ4v) is 3.81. The van der Waals surface area contributed by atoms with Gasteiger partial charge >= 0.3 is 0 Å². The average Bonchev–Trinajstić information content (AvgIpc) is 3.09. The van der Waals surface area contributed by atoms with Crippen molar-refractivity contribution in [1.29, 1.82) is 0 Å². The van der Waals surface area contributed by atoms with Crippen molar-refractivity contribution < 1.29 is 9.59 Å². The molecule has 25 heavy (non-hydrogen) atoms. The number of amides is 2. The first-order valence-corrected chi connectivity index (χ1v) is 8.78. The van der Waals surface area contributed by atoms with Crippen molar-refractivity contribution in [2.45, 2.75) is 6.54 Å². The molecule has 1 aromatic heterocycles. The standard InChI is InChI=1S/C20H16N2O2S/c1-21-19(23)18(25-20(21)24)11-15-13-22(12-14-7-3-2-4-8-14)17-10-6-5-9-16(15)17/h2-11,13H,12H2,1H3/b18-11+. The maximum atomic E-state index is 12.2. The molecule has 5 heteroatoms. The van der Waals surface area contributed by atoms with Gasteiger partial charge in [0, 0.05) is 36.3 Å². The van der Waals surface area contributed by atoms with E-state index in [4.69, 9.17) is 0 Å². The molecule has 4 nitrogen and oxygen atoms in total. The minimum absolute atomic E-state index is 0.232. The third-order valence-electron chi connectivity index (χ3n) is 4.29. The molecule has 0 atom stereocenters. The summed E-state index contributed by atoms with van der Waals surface area (Å²) in [6.45, 7) is 0.754. The summed E-state index contributed by atoms with van der Waals surface area (Å²) in [7, 11) is 1.51. The van der Waals surface area contributed by atoms with Crippen LogP contribution in [0.25, 0.3) is 17.0 Å². The lowest BCUT2D eigenvalue weighted by Crippen LogP contribution is -2.22. The monoisotopic (exact) mass is 348 g/mol. The fourth-order valence-electron chi connectivity index (χ4n) is 2.99. The van der Waals surface area contributed by atoms with Gasteiger partial charge in [0.25, 0.3) is 11.1 Å². The van der Waals surface area contributed by atoms with Crippen LogP contribution in [0.15, 0.2) is 65.7 Å². The van der Waals surface area contributed by atoms with Crippen molar-refractivity contribution in [3.8, 4) is 0 Å². The maximum Gasteiger partial charge on any atom is 0.293 e. The lowest BCUT2D eigenvalue weighted by molar-refractivity contribution is -0.121. The molecule has 0 aliphatic carbocycles. The van der Waals surface area contributed by atoms with E-state index in [1.807, 2.05) is 48.7 Å². The first-order valence-electron chi connectivity index (χ1n) is 7.97. The van der Waals surface area contributed by atoms with E-state index < -0.39 is 0 Å². The Morgan fingerprint density at radius 3 is 2.44 bits per heavy atom. The normalized spacial score (nSPS) is 16.4. The summed E-state index contributed by atoms with van der Waals surface area (Å²) >= 11 is 0.988. The van der Waals surface area contributed by atoms with Gasteiger partial charge in [-0.25, -0.2) is 0 Å². The molecule has 0 N–H and O–H groups in total. The second-order valence-electron chi connectivity index (χ2n) is 5.96. The maximum absolute atomic E-state index is 12.2.